The van der Waals surface area contributed by atoms with Crippen molar-refractivity contribution in [3.05, 3.63) is 12.2 Å². The van der Waals surface area contributed by atoms with Crippen LogP contribution in [0.25, 0.3) is 0 Å². The lowest BCUT2D eigenvalue weighted by Crippen LogP contribution is -2.38. The lowest BCUT2D eigenvalue weighted by molar-refractivity contribution is -0.138. The second kappa shape index (κ2) is 17.8. The number of likely N-dealkylation sites (N-methyl/N-ethyl adjacent to an activating group) is 1. The van der Waals surface area contributed by atoms with Crippen molar-refractivity contribution in [2.45, 2.75) is 77.0 Å². The third-order valence-electron chi connectivity index (χ3n) is 4.12. The molecular weight excluding hydrogens is 332 g/mol. The summed E-state index contributed by atoms with van der Waals surface area (Å²) < 4.78 is 0. The minimum Gasteiger partial charge on any atom is -0.409 e. The van der Waals surface area contributed by atoms with Gasteiger partial charge in [0, 0.05) is 20.0 Å². The van der Waals surface area contributed by atoms with E-state index in [-0.39, 0.29) is 0 Å². The van der Waals surface area contributed by atoms with E-state index in [1.807, 2.05) is 0 Å². The van der Waals surface area contributed by atoms with Gasteiger partial charge in [0.1, 0.15) is 5.84 Å². The van der Waals surface area contributed by atoms with Gasteiger partial charge in [0.25, 0.3) is 0 Å². The van der Waals surface area contributed by atoms with Crippen LogP contribution >= 0.6 is 0 Å². The number of oxime groups is 1. The van der Waals surface area contributed by atoms with Crippen LogP contribution in [0.5, 0.6) is 0 Å². The van der Waals surface area contributed by atoms with Gasteiger partial charge >= 0.3 is 11.8 Å². The number of amides is 2. The van der Waals surface area contributed by atoms with E-state index in [4.69, 9.17) is 10.9 Å². The van der Waals surface area contributed by atoms with Gasteiger partial charge in [-0.1, -0.05) is 49.4 Å². The molecule has 0 heterocycles. The summed E-state index contributed by atoms with van der Waals surface area (Å²) in [6, 6.07) is 0. The van der Waals surface area contributed by atoms with Crippen molar-refractivity contribution in [1.82, 2.24) is 10.6 Å². The Bertz CT molecular complexity index is 437. The quantitative estimate of drug-likeness (QED) is 0.0676. The van der Waals surface area contributed by atoms with Gasteiger partial charge < -0.3 is 21.6 Å². The summed E-state index contributed by atoms with van der Waals surface area (Å²) in [6.07, 6.45) is 17.5. The molecule has 5 N–H and O–H groups in total. The van der Waals surface area contributed by atoms with Crippen molar-refractivity contribution in [1.29, 1.82) is 0 Å². The first-order valence-corrected chi connectivity index (χ1v) is 9.73. The predicted molar refractivity (Wildman–Crippen MR) is 105 cm³/mol. The molecule has 26 heavy (non-hydrogen) atoms. The lowest BCUT2D eigenvalue weighted by atomic mass is 10.1. The standard InChI is InChI=1S/C19H36N4O3/c1-21-18(24)19(25)22-16-14-12-10-8-6-4-2-3-5-7-9-11-13-15-17(20)23-26/h6,8,26H,2-5,7,9-16H2,1H3,(H2,20,23)(H,21,24)(H,22,25)/b8-6-. The Morgan fingerprint density at radius 3 is 2.00 bits per heavy atom. The fraction of sp³-hybridized carbons (Fsp3) is 0.737. The number of nitrogens with zero attached hydrogens (tertiary/aromatic N) is 1. The molecule has 2 amide bonds. The molecule has 0 atom stereocenters. The number of allylic oxidation sites excluding steroid dienone is 2. The van der Waals surface area contributed by atoms with Crippen LogP contribution in [0.2, 0.25) is 0 Å². The molecule has 0 fully saturated rings. The second-order valence-electron chi connectivity index (χ2n) is 6.41. The van der Waals surface area contributed by atoms with E-state index in [9.17, 15) is 9.59 Å². The average Bonchev–Trinajstić information content (AvgIpc) is 2.66. The first-order chi connectivity index (χ1) is 12.6. The van der Waals surface area contributed by atoms with Crippen LogP contribution in [0.3, 0.4) is 0 Å². The molecule has 0 aromatic rings. The molecule has 0 saturated heterocycles. The zero-order chi connectivity index (χ0) is 19.5. The number of amidine groups is 1. The maximum absolute atomic E-state index is 11.2. The summed E-state index contributed by atoms with van der Waals surface area (Å²) in [5, 5.41) is 16.3. The van der Waals surface area contributed by atoms with Gasteiger partial charge in [-0.3, -0.25) is 9.59 Å². The fourth-order valence-corrected chi connectivity index (χ4v) is 2.52. The van der Waals surface area contributed by atoms with E-state index >= 15 is 0 Å². The third kappa shape index (κ3) is 15.5. The Morgan fingerprint density at radius 2 is 1.42 bits per heavy atom. The smallest absolute Gasteiger partial charge is 0.309 e. The van der Waals surface area contributed by atoms with Crippen LogP contribution < -0.4 is 16.4 Å². The van der Waals surface area contributed by atoms with E-state index in [1.165, 1.54) is 39.2 Å². The molecule has 0 aromatic heterocycles. The van der Waals surface area contributed by atoms with E-state index in [2.05, 4.69) is 27.9 Å². The highest BCUT2D eigenvalue weighted by Crippen LogP contribution is 2.10. The molecule has 7 heteroatoms. The zero-order valence-electron chi connectivity index (χ0n) is 16.1. The molecule has 0 aliphatic heterocycles. The molecule has 0 unspecified atom stereocenters. The number of hydrogen-bond donors (Lipinski definition) is 4. The van der Waals surface area contributed by atoms with Gasteiger partial charge in [-0.05, 0) is 38.5 Å². The first-order valence-electron chi connectivity index (χ1n) is 9.73. The summed E-state index contributed by atoms with van der Waals surface area (Å²) in [4.78, 5) is 22.2. The average molecular weight is 369 g/mol. The van der Waals surface area contributed by atoms with E-state index in [0.29, 0.717) is 18.8 Å². The SMILES string of the molecule is CNC(=O)C(=O)NCCCC/C=C\CCCCCCCCC/C(N)=N/O. The van der Waals surface area contributed by atoms with Crippen molar-refractivity contribution in [3.63, 3.8) is 0 Å². The molecule has 0 spiro atoms. The Hall–Kier alpha value is -2.05. The summed E-state index contributed by atoms with van der Waals surface area (Å²) in [5.41, 5.74) is 5.42. The first kappa shape index (κ1) is 23.9. The summed E-state index contributed by atoms with van der Waals surface area (Å²) in [5.74, 6) is -0.831. The van der Waals surface area contributed by atoms with E-state index < -0.39 is 11.8 Å². The largest absolute Gasteiger partial charge is 0.409 e. The van der Waals surface area contributed by atoms with E-state index in [1.54, 1.807) is 0 Å². The third-order valence-corrected chi connectivity index (χ3v) is 4.12. The molecule has 0 aliphatic rings. The zero-order valence-corrected chi connectivity index (χ0v) is 16.1. The number of carbonyl (C=O) groups is 2. The Morgan fingerprint density at radius 1 is 0.885 bits per heavy atom. The maximum atomic E-state index is 11.2. The summed E-state index contributed by atoms with van der Waals surface area (Å²) >= 11 is 0. The van der Waals surface area contributed by atoms with Crippen LogP contribution in [0.1, 0.15) is 77.0 Å². The number of rotatable bonds is 15. The van der Waals surface area contributed by atoms with Crippen LogP contribution in [0.15, 0.2) is 17.3 Å². The molecule has 7 nitrogen and oxygen atoms in total. The predicted octanol–water partition coefficient (Wildman–Crippen LogP) is 2.83. The molecule has 0 radical (unpaired) electrons. The van der Waals surface area contributed by atoms with Gasteiger partial charge in [0.15, 0.2) is 0 Å². The van der Waals surface area contributed by atoms with E-state index in [0.717, 1.165) is 38.5 Å². The highest BCUT2D eigenvalue weighted by atomic mass is 16.4. The van der Waals surface area contributed by atoms with Crippen LogP contribution in [0.4, 0.5) is 0 Å². The van der Waals surface area contributed by atoms with Crippen molar-refractivity contribution in [2.24, 2.45) is 10.9 Å². The molecule has 150 valence electrons. The normalized spacial score (nSPS) is 11.7. The lowest BCUT2D eigenvalue weighted by Gasteiger charge is -2.02. The van der Waals surface area contributed by atoms with Crippen LogP contribution in [-0.4, -0.2) is 36.4 Å². The Labute approximate surface area is 157 Å². The Balaban J connectivity index is 3.27. The van der Waals surface area contributed by atoms with Gasteiger partial charge in [-0.25, -0.2) is 0 Å². The summed E-state index contributed by atoms with van der Waals surface area (Å²) in [7, 11) is 1.44. The van der Waals surface area contributed by atoms with Gasteiger partial charge in [0.2, 0.25) is 0 Å². The topological polar surface area (TPSA) is 117 Å². The maximum Gasteiger partial charge on any atom is 0.309 e. The molecule has 0 aromatic carbocycles. The minimum atomic E-state index is -0.592. The number of nitrogens with one attached hydrogen (secondary N) is 2. The molecule has 0 bridgehead atoms. The van der Waals surface area contributed by atoms with Crippen molar-refractivity contribution in [2.75, 3.05) is 13.6 Å². The van der Waals surface area contributed by atoms with Crippen LogP contribution in [0, 0.1) is 0 Å². The van der Waals surface area contributed by atoms with Gasteiger partial charge in [-0.2, -0.15) is 0 Å². The monoisotopic (exact) mass is 368 g/mol. The number of nitrogens with two attached hydrogens (primary N) is 1. The van der Waals surface area contributed by atoms with Crippen molar-refractivity contribution in [3.8, 4) is 0 Å². The molecule has 0 aliphatic carbocycles. The molecule has 0 rings (SSSR count). The fourth-order valence-electron chi connectivity index (χ4n) is 2.52. The minimum absolute atomic E-state index is 0.324. The van der Waals surface area contributed by atoms with Crippen LogP contribution in [-0.2, 0) is 9.59 Å². The van der Waals surface area contributed by atoms with Gasteiger partial charge in [-0.15, -0.1) is 0 Å². The second-order valence-corrected chi connectivity index (χ2v) is 6.41. The van der Waals surface area contributed by atoms with Crippen molar-refractivity contribution >= 4 is 17.6 Å². The Kier molecular flexibility index (Phi) is 16.4. The molecule has 0 saturated carbocycles. The molecular formula is C19H36N4O3. The van der Waals surface area contributed by atoms with Gasteiger partial charge in [0.05, 0.1) is 0 Å². The number of carbonyl (C=O) groups excluding carboxylic acids is 2. The highest BCUT2D eigenvalue weighted by molar-refractivity contribution is 6.34. The number of unbranched alkanes of at least 4 members (excludes halogenated alkanes) is 9. The van der Waals surface area contributed by atoms with Crippen molar-refractivity contribution < 1.29 is 14.8 Å². The summed E-state index contributed by atoms with van der Waals surface area (Å²) in [6.45, 7) is 0.541. The number of hydrogen-bond acceptors (Lipinski definition) is 4. The highest BCUT2D eigenvalue weighted by Gasteiger charge is 2.08.